The van der Waals surface area contributed by atoms with Crippen LogP contribution in [0, 0.1) is 6.92 Å². The fraction of sp³-hybridized carbons (Fsp3) is 0.211. The molecule has 0 saturated heterocycles. The Kier molecular flexibility index (Phi) is 6.74. The van der Waals surface area contributed by atoms with Gasteiger partial charge in [0.2, 0.25) is 11.8 Å². The molecule has 26 heavy (non-hydrogen) atoms. The van der Waals surface area contributed by atoms with E-state index in [-0.39, 0.29) is 24.7 Å². The van der Waals surface area contributed by atoms with E-state index in [0.29, 0.717) is 22.1 Å². The van der Waals surface area contributed by atoms with Crippen molar-refractivity contribution in [3.8, 4) is 0 Å². The molecule has 0 aliphatic rings. The zero-order chi connectivity index (χ0) is 19.1. The number of hydrazone groups is 1. The third-order valence-electron chi connectivity index (χ3n) is 3.80. The number of nitrogens with one attached hydrogen (secondary N) is 2. The molecule has 0 aromatic heterocycles. The summed E-state index contributed by atoms with van der Waals surface area (Å²) in [5.41, 5.74) is 11.7. The summed E-state index contributed by atoms with van der Waals surface area (Å²) in [7, 11) is 0. The molecule has 0 aliphatic carbocycles. The molecule has 0 aliphatic heterocycles. The van der Waals surface area contributed by atoms with E-state index in [1.165, 1.54) is 0 Å². The van der Waals surface area contributed by atoms with E-state index in [9.17, 15) is 9.59 Å². The van der Waals surface area contributed by atoms with Crippen molar-refractivity contribution in [2.75, 3.05) is 11.1 Å². The summed E-state index contributed by atoms with van der Waals surface area (Å²) in [4.78, 5) is 23.9. The van der Waals surface area contributed by atoms with E-state index in [2.05, 4.69) is 15.8 Å². The summed E-state index contributed by atoms with van der Waals surface area (Å²) < 4.78 is 0. The maximum absolute atomic E-state index is 12.0. The quantitative estimate of drug-likeness (QED) is 0.411. The summed E-state index contributed by atoms with van der Waals surface area (Å²) in [6, 6.07) is 12.4. The molecule has 2 rings (SSSR count). The van der Waals surface area contributed by atoms with Crippen molar-refractivity contribution in [2.24, 2.45) is 5.10 Å². The Morgan fingerprint density at radius 2 is 1.73 bits per heavy atom. The van der Waals surface area contributed by atoms with Gasteiger partial charge >= 0.3 is 0 Å². The van der Waals surface area contributed by atoms with Gasteiger partial charge in [0.1, 0.15) is 0 Å². The molecule has 136 valence electrons. The number of rotatable bonds is 6. The normalized spacial score (nSPS) is 11.1. The zero-order valence-electron chi connectivity index (χ0n) is 14.7. The molecule has 0 unspecified atom stereocenters. The number of halogens is 1. The van der Waals surface area contributed by atoms with E-state index in [0.717, 1.165) is 11.1 Å². The number of nitrogens with zero attached hydrogens (tertiary/aromatic N) is 1. The number of carbonyl (C=O) groups excluding carboxylic acids is 2. The van der Waals surface area contributed by atoms with Crippen LogP contribution in [-0.4, -0.2) is 17.5 Å². The molecule has 0 heterocycles. The van der Waals surface area contributed by atoms with Crippen molar-refractivity contribution in [1.29, 1.82) is 0 Å². The Bertz CT molecular complexity index is 832. The minimum Gasteiger partial charge on any atom is -0.399 e. The molecule has 0 radical (unpaired) electrons. The number of hydrogen-bond donors (Lipinski definition) is 3. The third kappa shape index (κ3) is 5.60. The molecule has 6 nitrogen and oxygen atoms in total. The van der Waals surface area contributed by atoms with Gasteiger partial charge < -0.3 is 11.1 Å². The van der Waals surface area contributed by atoms with E-state index < -0.39 is 0 Å². The van der Waals surface area contributed by atoms with Crippen molar-refractivity contribution in [1.82, 2.24) is 5.43 Å². The van der Waals surface area contributed by atoms with Crippen LogP contribution >= 0.6 is 11.6 Å². The van der Waals surface area contributed by atoms with Crippen LogP contribution in [0.4, 0.5) is 11.4 Å². The number of carbonyl (C=O) groups is 2. The summed E-state index contributed by atoms with van der Waals surface area (Å²) in [6.45, 7) is 3.60. The van der Waals surface area contributed by atoms with E-state index in [1.54, 1.807) is 37.3 Å². The largest absolute Gasteiger partial charge is 0.399 e. The predicted octanol–water partition coefficient (Wildman–Crippen LogP) is 3.49. The van der Waals surface area contributed by atoms with Crippen molar-refractivity contribution >= 4 is 40.5 Å². The lowest BCUT2D eigenvalue weighted by molar-refractivity contribution is -0.124. The first-order chi connectivity index (χ1) is 12.4. The summed E-state index contributed by atoms with van der Waals surface area (Å²) in [5, 5.41) is 7.37. The van der Waals surface area contributed by atoms with Gasteiger partial charge in [-0.3, -0.25) is 9.59 Å². The molecule has 2 aromatic rings. The second-order valence-electron chi connectivity index (χ2n) is 5.81. The van der Waals surface area contributed by atoms with E-state index >= 15 is 0 Å². The lowest BCUT2D eigenvalue weighted by atomic mass is 10.1. The van der Waals surface area contributed by atoms with Crippen LogP contribution in [0.25, 0.3) is 0 Å². The SMILES string of the molecule is C/C(=N/NC(=O)CCC(=O)Nc1cccc(Cl)c1C)c1ccc(N)cc1. The number of nitrogen functional groups attached to an aromatic ring is 1. The second kappa shape index (κ2) is 9.01. The van der Waals surface area contributed by atoms with Gasteiger partial charge in [-0.15, -0.1) is 0 Å². The highest BCUT2D eigenvalue weighted by molar-refractivity contribution is 6.31. The average molecular weight is 373 g/mol. The highest BCUT2D eigenvalue weighted by atomic mass is 35.5. The van der Waals surface area contributed by atoms with Crippen LogP contribution in [0.2, 0.25) is 5.02 Å². The highest BCUT2D eigenvalue weighted by Gasteiger charge is 2.09. The predicted molar refractivity (Wildman–Crippen MR) is 105 cm³/mol. The Labute approximate surface area is 157 Å². The molecule has 2 aromatic carbocycles. The standard InChI is InChI=1S/C19H21ClN4O2/c1-12-16(20)4-3-5-17(12)22-18(25)10-11-19(26)24-23-13(2)14-6-8-15(21)9-7-14/h3-9H,10-11,21H2,1-2H3,(H,22,25)(H,24,26)/b23-13-. The smallest absolute Gasteiger partial charge is 0.240 e. The topological polar surface area (TPSA) is 96.6 Å². The zero-order valence-corrected chi connectivity index (χ0v) is 15.4. The first kappa shape index (κ1) is 19.5. The first-order valence-electron chi connectivity index (χ1n) is 8.11. The van der Waals surface area contributed by atoms with Gasteiger partial charge in [0.05, 0.1) is 5.71 Å². The molecule has 0 saturated carbocycles. The molecule has 0 bridgehead atoms. The molecule has 4 N–H and O–H groups in total. The van der Waals surface area contributed by atoms with Gasteiger partial charge in [0.15, 0.2) is 0 Å². The summed E-state index contributed by atoms with van der Waals surface area (Å²) >= 11 is 6.02. The monoisotopic (exact) mass is 372 g/mol. The van der Waals surface area contributed by atoms with Crippen LogP contribution in [0.1, 0.15) is 30.9 Å². The number of amides is 2. The second-order valence-corrected chi connectivity index (χ2v) is 6.22. The Morgan fingerprint density at radius 1 is 1.08 bits per heavy atom. The van der Waals surface area contributed by atoms with Crippen LogP contribution in [0.15, 0.2) is 47.6 Å². The Hall–Kier alpha value is -2.86. The van der Waals surface area contributed by atoms with Crippen LogP contribution in [0.5, 0.6) is 0 Å². The minimum atomic E-state index is -0.335. The fourth-order valence-corrected chi connectivity index (χ4v) is 2.35. The van der Waals surface area contributed by atoms with Gasteiger partial charge in [-0.2, -0.15) is 5.10 Å². The number of benzene rings is 2. The molecule has 7 heteroatoms. The van der Waals surface area contributed by atoms with Gasteiger partial charge in [-0.25, -0.2) is 5.43 Å². The number of nitrogens with two attached hydrogens (primary N) is 1. The van der Waals surface area contributed by atoms with Crippen LogP contribution in [-0.2, 0) is 9.59 Å². The van der Waals surface area contributed by atoms with Gasteiger partial charge in [0, 0.05) is 29.2 Å². The van der Waals surface area contributed by atoms with Crippen LogP contribution < -0.4 is 16.5 Å². The summed E-state index contributed by atoms with van der Waals surface area (Å²) in [6.07, 6.45) is 0.0815. The molecular formula is C19H21ClN4O2. The van der Waals surface area contributed by atoms with Gasteiger partial charge in [-0.1, -0.05) is 29.8 Å². The lowest BCUT2D eigenvalue weighted by Crippen LogP contribution is -2.22. The highest BCUT2D eigenvalue weighted by Crippen LogP contribution is 2.23. The first-order valence-corrected chi connectivity index (χ1v) is 8.48. The lowest BCUT2D eigenvalue weighted by Gasteiger charge is -2.09. The van der Waals surface area contributed by atoms with Crippen molar-refractivity contribution in [3.05, 3.63) is 58.6 Å². The summed E-state index contributed by atoms with van der Waals surface area (Å²) in [5.74, 6) is -0.595. The molecule has 0 spiro atoms. The Morgan fingerprint density at radius 3 is 2.42 bits per heavy atom. The molecule has 0 fully saturated rings. The van der Waals surface area contributed by atoms with Crippen molar-refractivity contribution in [2.45, 2.75) is 26.7 Å². The number of anilines is 2. The third-order valence-corrected chi connectivity index (χ3v) is 4.21. The van der Waals surface area contributed by atoms with Crippen molar-refractivity contribution in [3.63, 3.8) is 0 Å². The van der Waals surface area contributed by atoms with Gasteiger partial charge in [0.25, 0.3) is 0 Å². The average Bonchev–Trinajstić information content (AvgIpc) is 2.62. The maximum atomic E-state index is 12.0. The maximum Gasteiger partial charge on any atom is 0.240 e. The minimum absolute atomic E-state index is 0.0317. The van der Waals surface area contributed by atoms with Gasteiger partial charge in [-0.05, 0) is 49.2 Å². The number of hydrogen-bond acceptors (Lipinski definition) is 4. The van der Waals surface area contributed by atoms with Crippen molar-refractivity contribution < 1.29 is 9.59 Å². The Balaban J connectivity index is 1.82. The van der Waals surface area contributed by atoms with Crippen LogP contribution in [0.3, 0.4) is 0 Å². The van der Waals surface area contributed by atoms with E-state index in [1.807, 2.05) is 19.1 Å². The molecule has 2 amide bonds. The molecule has 0 atom stereocenters. The fourth-order valence-electron chi connectivity index (χ4n) is 2.17. The molecular weight excluding hydrogens is 352 g/mol. The van der Waals surface area contributed by atoms with E-state index in [4.69, 9.17) is 17.3 Å².